The fourth-order valence-corrected chi connectivity index (χ4v) is 5.61. The van der Waals surface area contributed by atoms with Gasteiger partial charge in [-0.2, -0.15) is 4.68 Å². The fourth-order valence-electron chi connectivity index (χ4n) is 3.48. The molecule has 1 N–H and O–H groups in total. The Kier molecular flexibility index (Phi) is 8.46. The zero-order valence-corrected chi connectivity index (χ0v) is 21.5. The summed E-state index contributed by atoms with van der Waals surface area (Å²) in [6.07, 6.45) is 0. The van der Waals surface area contributed by atoms with Crippen molar-refractivity contribution in [1.29, 1.82) is 0 Å². The first kappa shape index (κ1) is 25.5. The van der Waals surface area contributed by atoms with Gasteiger partial charge < -0.3 is 9.05 Å². The van der Waals surface area contributed by atoms with Crippen molar-refractivity contribution in [3.8, 4) is 16.9 Å². The third-order valence-corrected chi connectivity index (χ3v) is 7.77. The number of benzene rings is 3. The van der Waals surface area contributed by atoms with E-state index in [1.807, 2.05) is 36.4 Å². The van der Waals surface area contributed by atoms with E-state index in [9.17, 15) is 9.13 Å². The summed E-state index contributed by atoms with van der Waals surface area (Å²) in [7, 11) is -3.73. The molecule has 1 aromatic heterocycles. The molecule has 0 aliphatic carbocycles. The molecule has 0 saturated carbocycles. The Morgan fingerprint density at radius 2 is 1.61 bits per heavy atom. The summed E-state index contributed by atoms with van der Waals surface area (Å²) in [5.74, 6) is 0.320. The summed E-state index contributed by atoms with van der Waals surface area (Å²) in [6, 6.07) is 23.4. The predicted octanol–water partition coefficient (Wildman–Crippen LogP) is 5.85. The average Bonchev–Trinajstić information content (AvgIpc) is 3.33. The molecule has 0 bridgehead atoms. The second-order valence-corrected chi connectivity index (χ2v) is 9.94. The van der Waals surface area contributed by atoms with Crippen molar-refractivity contribution in [2.24, 2.45) is 10.3 Å². The maximum Gasteiger partial charge on any atom is 0.363 e. The summed E-state index contributed by atoms with van der Waals surface area (Å²) in [5, 5.41) is 18.0. The molecule has 0 spiro atoms. The second-order valence-electron chi connectivity index (χ2n) is 7.28. The Balaban J connectivity index is 1.75. The predicted molar refractivity (Wildman–Crippen MR) is 139 cm³/mol. The molecule has 0 amide bonds. The molecule has 0 aliphatic rings. The first-order chi connectivity index (χ1) is 17.6. The summed E-state index contributed by atoms with van der Waals surface area (Å²) in [5.41, 5.74) is 5.10. The lowest BCUT2D eigenvalue weighted by Gasteiger charge is -2.19. The zero-order valence-electron chi connectivity index (χ0n) is 19.7. The molecule has 4 aromatic rings. The summed E-state index contributed by atoms with van der Waals surface area (Å²) >= 11 is 0. The van der Waals surface area contributed by atoms with E-state index in [4.69, 9.17) is 9.05 Å². The first-order valence-electron chi connectivity index (χ1n) is 11.2. The van der Waals surface area contributed by atoms with Crippen LogP contribution in [0.4, 0.5) is 11.5 Å². The maximum absolute atomic E-state index is 13.4. The molecule has 0 radical (unpaired) electrons. The summed E-state index contributed by atoms with van der Waals surface area (Å²) in [4.78, 5) is 0. The van der Waals surface area contributed by atoms with Crippen molar-refractivity contribution < 1.29 is 18.2 Å². The molecule has 1 heterocycles. The van der Waals surface area contributed by atoms with Gasteiger partial charge in [0.2, 0.25) is 5.82 Å². The Labute approximate surface area is 210 Å². The number of rotatable bonds is 11. The van der Waals surface area contributed by atoms with Crippen LogP contribution in [0.2, 0.25) is 0 Å². The molecule has 0 unspecified atom stereocenters. The highest BCUT2D eigenvalue weighted by Gasteiger charge is 2.29. The van der Waals surface area contributed by atoms with Crippen LogP contribution in [0.25, 0.3) is 16.9 Å². The van der Waals surface area contributed by atoms with Gasteiger partial charge in [0.15, 0.2) is 8.46 Å². The lowest BCUT2D eigenvalue weighted by Crippen LogP contribution is -2.14. The van der Waals surface area contributed by atoms with Crippen LogP contribution in [-0.2, 0) is 18.2 Å². The molecular formula is C24H24N6O4P2. The van der Waals surface area contributed by atoms with Crippen molar-refractivity contribution in [1.82, 2.24) is 15.0 Å². The quantitative estimate of drug-likeness (QED) is 0.149. The molecular weight excluding hydrogens is 498 g/mol. The van der Waals surface area contributed by atoms with Gasteiger partial charge in [0.1, 0.15) is 5.69 Å². The highest BCUT2D eigenvalue weighted by atomic mass is 31.2. The monoisotopic (exact) mass is 522 g/mol. The topological polar surface area (TPSA) is 120 Å². The van der Waals surface area contributed by atoms with Gasteiger partial charge in [-0.1, -0.05) is 65.0 Å². The van der Waals surface area contributed by atoms with Crippen molar-refractivity contribution in [3.05, 3.63) is 78.9 Å². The smallest absolute Gasteiger partial charge is 0.305 e. The Morgan fingerprint density at radius 1 is 0.944 bits per heavy atom. The van der Waals surface area contributed by atoms with Crippen LogP contribution in [0, 0.1) is 0 Å². The third-order valence-electron chi connectivity index (χ3n) is 5.01. The van der Waals surface area contributed by atoms with Crippen molar-refractivity contribution in [3.63, 3.8) is 0 Å². The van der Waals surface area contributed by atoms with Crippen LogP contribution in [0.3, 0.4) is 0 Å². The number of anilines is 1. The van der Waals surface area contributed by atoms with E-state index in [2.05, 4.69) is 26.1 Å². The van der Waals surface area contributed by atoms with Crippen LogP contribution in [0.5, 0.6) is 0 Å². The number of nitrogens with zero attached hydrogens (tertiary/aromatic N) is 5. The minimum atomic E-state index is -3.56. The fraction of sp³-hybridized carbons (Fsp3) is 0.167. The SMILES string of the molecule is CCOP(=O)(OCC)c1ccccc1N/N=N/c1c(-c2ccccc2)nnn1-c1ccccc1P=O. The van der Waals surface area contributed by atoms with Gasteiger partial charge in [-0.25, -0.2) is 0 Å². The standard InChI is InChI=1S/C24H24N6O4P2/c1-3-33-36(32,34-4-2)22-17-11-8-14-19(22)25-28-27-24-23(18-12-6-5-7-13-18)26-29-30(24)20-15-9-10-16-21(20)35-31/h5-17H,3-4H2,1-2H3,(H,25,27). The zero-order chi connectivity index (χ0) is 25.4. The summed E-state index contributed by atoms with van der Waals surface area (Å²) in [6.45, 7) is 3.94. The van der Waals surface area contributed by atoms with E-state index in [0.29, 0.717) is 33.5 Å². The minimum absolute atomic E-state index is 0.167. The van der Waals surface area contributed by atoms with Gasteiger partial charge in [0.05, 0.1) is 35.2 Å². The molecule has 0 fully saturated rings. The number of hydrogen-bond acceptors (Lipinski definition) is 8. The molecule has 184 valence electrons. The Morgan fingerprint density at radius 3 is 2.33 bits per heavy atom. The van der Waals surface area contributed by atoms with Gasteiger partial charge in [-0.05, 0) is 38.1 Å². The van der Waals surface area contributed by atoms with E-state index in [0.717, 1.165) is 5.56 Å². The molecule has 36 heavy (non-hydrogen) atoms. The largest absolute Gasteiger partial charge is 0.363 e. The lowest BCUT2D eigenvalue weighted by atomic mass is 10.1. The molecule has 4 rings (SSSR count). The van der Waals surface area contributed by atoms with Crippen molar-refractivity contribution in [2.75, 3.05) is 18.6 Å². The number of nitrogens with one attached hydrogen (secondary N) is 1. The maximum atomic E-state index is 13.4. The lowest BCUT2D eigenvalue weighted by molar-refractivity contribution is 0.230. The first-order valence-corrected chi connectivity index (χ1v) is 13.6. The van der Waals surface area contributed by atoms with Crippen LogP contribution >= 0.6 is 16.1 Å². The van der Waals surface area contributed by atoms with Crippen LogP contribution in [0.1, 0.15) is 13.8 Å². The van der Waals surface area contributed by atoms with E-state index < -0.39 is 7.60 Å². The van der Waals surface area contributed by atoms with E-state index in [-0.39, 0.29) is 21.7 Å². The number of aromatic nitrogens is 3. The van der Waals surface area contributed by atoms with E-state index >= 15 is 0 Å². The molecule has 0 saturated heterocycles. The molecule has 12 heteroatoms. The molecule has 0 aliphatic heterocycles. The van der Waals surface area contributed by atoms with Gasteiger partial charge in [0.25, 0.3) is 0 Å². The average molecular weight is 522 g/mol. The van der Waals surface area contributed by atoms with E-state index in [1.165, 1.54) is 4.68 Å². The van der Waals surface area contributed by atoms with Crippen molar-refractivity contribution in [2.45, 2.75) is 13.8 Å². The molecule has 10 nitrogen and oxygen atoms in total. The number of hydrogen-bond donors (Lipinski definition) is 1. The van der Waals surface area contributed by atoms with Crippen molar-refractivity contribution >= 4 is 38.2 Å². The van der Waals surface area contributed by atoms with Gasteiger partial charge in [-0.3, -0.25) is 14.6 Å². The number of para-hydroxylation sites is 2. The second kappa shape index (κ2) is 11.9. The Bertz CT molecular complexity index is 1400. The van der Waals surface area contributed by atoms with Gasteiger partial charge in [0, 0.05) is 5.56 Å². The van der Waals surface area contributed by atoms with Crippen LogP contribution < -0.4 is 16.0 Å². The highest BCUT2D eigenvalue weighted by molar-refractivity contribution is 7.62. The highest BCUT2D eigenvalue weighted by Crippen LogP contribution is 2.48. The molecule has 0 atom stereocenters. The minimum Gasteiger partial charge on any atom is -0.305 e. The van der Waals surface area contributed by atoms with Gasteiger partial charge in [-0.15, -0.1) is 10.2 Å². The normalized spacial score (nSPS) is 11.8. The summed E-state index contributed by atoms with van der Waals surface area (Å²) < 4.78 is 37.6. The third kappa shape index (κ3) is 5.48. The van der Waals surface area contributed by atoms with Crippen LogP contribution in [0.15, 0.2) is 89.2 Å². The Hall–Kier alpha value is -3.55. The van der Waals surface area contributed by atoms with Crippen LogP contribution in [-0.4, -0.2) is 28.2 Å². The van der Waals surface area contributed by atoms with E-state index in [1.54, 1.807) is 56.3 Å². The molecule has 3 aromatic carbocycles. The van der Waals surface area contributed by atoms with Gasteiger partial charge >= 0.3 is 7.60 Å².